The van der Waals surface area contributed by atoms with E-state index >= 15 is 0 Å². The Hall–Kier alpha value is -0.0800. The maximum Gasteiger partial charge on any atom is 0.0612 e. The van der Waals surface area contributed by atoms with Crippen molar-refractivity contribution >= 4 is 0 Å². The first-order valence-corrected chi connectivity index (χ1v) is 6.91. The van der Waals surface area contributed by atoms with Gasteiger partial charge in [0.05, 0.1) is 6.61 Å². The van der Waals surface area contributed by atoms with E-state index in [0.29, 0.717) is 5.41 Å². The fourth-order valence-electron chi connectivity index (χ4n) is 3.08. The van der Waals surface area contributed by atoms with Crippen LogP contribution >= 0.6 is 0 Å². The maximum absolute atomic E-state index is 9.51. The van der Waals surface area contributed by atoms with E-state index in [2.05, 4.69) is 32.6 Å². The van der Waals surface area contributed by atoms with Gasteiger partial charge in [0.25, 0.3) is 0 Å². The highest BCUT2D eigenvalue weighted by atomic mass is 16.3. The van der Waals surface area contributed by atoms with E-state index < -0.39 is 0 Å². The summed E-state index contributed by atoms with van der Waals surface area (Å²) < 4.78 is 0. The molecule has 1 saturated heterocycles. The molecular formula is C14H29NO. The lowest BCUT2D eigenvalue weighted by molar-refractivity contribution is -0.0999. The van der Waals surface area contributed by atoms with Crippen molar-refractivity contribution in [1.82, 2.24) is 4.90 Å². The van der Waals surface area contributed by atoms with Crippen LogP contribution in [0.2, 0.25) is 0 Å². The third kappa shape index (κ3) is 2.60. The molecule has 1 heterocycles. The molecule has 1 N–H and O–H groups in total. The first-order chi connectivity index (χ1) is 7.55. The van der Waals surface area contributed by atoms with Crippen LogP contribution in [-0.2, 0) is 0 Å². The molecule has 1 rings (SSSR count). The van der Waals surface area contributed by atoms with Gasteiger partial charge in [-0.05, 0) is 31.6 Å². The largest absolute Gasteiger partial charge is 0.394 e. The Kier molecular flexibility index (Phi) is 4.81. The molecule has 1 aliphatic rings. The highest BCUT2D eigenvalue weighted by Gasteiger charge is 2.47. The van der Waals surface area contributed by atoms with Crippen LogP contribution in [0.3, 0.4) is 0 Å². The second-order valence-electron chi connectivity index (χ2n) is 5.86. The van der Waals surface area contributed by atoms with Crippen molar-refractivity contribution in [3.63, 3.8) is 0 Å². The molecule has 1 fully saturated rings. The number of nitrogens with zero attached hydrogens (tertiary/aromatic N) is 1. The second-order valence-corrected chi connectivity index (χ2v) is 5.86. The van der Waals surface area contributed by atoms with Gasteiger partial charge >= 0.3 is 0 Å². The van der Waals surface area contributed by atoms with E-state index in [4.69, 9.17) is 0 Å². The van der Waals surface area contributed by atoms with Gasteiger partial charge in [-0.25, -0.2) is 0 Å². The minimum Gasteiger partial charge on any atom is -0.394 e. The number of hydrogen-bond donors (Lipinski definition) is 1. The van der Waals surface area contributed by atoms with E-state index in [-0.39, 0.29) is 12.1 Å². The number of hydrogen-bond acceptors (Lipinski definition) is 2. The van der Waals surface area contributed by atoms with Crippen LogP contribution in [0.25, 0.3) is 0 Å². The smallest absolute Gasteiger partial charge is 0.0612 e. The van der Waals surface area contributed by atoms with Crippen LogP contribution in [0.5, 0.6) is 0 Å². The van der Waals surface area contributed by atoms with Crippen LogP contribution in [-0.4, -0.2) is 35.2 Å². The van der Waals surface area contributed by atoms with E-state index in [0.717, 1.165) is 6.42 Å². The van der Waals surface area contributed by atoms with E-state index in [1.54, 1.807) is 0 Å². The third-order valence-corrected chi connectivity index (χ3v) is 4.48. The van der Waals surface area contributed by atoms with Crippen molar-refractivity contribution in [2.75, 3.05) is 19.7 Å². The zero-order chi connectivity index (χ0) is 12.2. The fraction of sp³-hybridized carbons (Fsp3) is 1.00. The van der Waals surface area contributed by atoms with Gasteiger partial charge in [-0.2, -0.15) is 0 Å². The molecule has 0 amide bonds. The molecule has 0 aromatic heterocycles. The number of likely N-dealkylation sites (tertiary alicyclic amines) is 1. The molecule has 16 heavy (non-hydrogen) atoms. The Morgan fingerprint density at radius 2 is 1.62 bits per heavy atom. The molecule has 0 aliphatic carbocycles. The summed E-state index contributed by atoms with van der Waals surface area (Å²) >= 11 is 0. The average molecular weight is 227 g/mol. The molecule has 1 unspecified atom stereocenters. The Morgan fingerprint density at radius 3 is 1.94 bits per heavy atom. The van der Waals surface area contributed by atoms with Crippen LogP contribution < -0.4 is 0 Å². The lowest BCUT2D eigenvalue weighted by Crippen LogP contribution is -2.65. The van der Waals surface area contributed by atoms with Gasteiger partial charge in [-0.15, -0.1) is 0 Å². The highest BCUT2D eigenvalue weighted by Crippen LogP contribution is 2.43. The summed E-state index contributed by atoms with van der Waals surface area (Å²) in [5.41, 5.74) is 0.583. The number of aliphatic hydroxyl groups is 1. The topological polar surface area (TPSA) is 23.5 Å². The van der Waals surface area contributed by atoms with E-state index in [1.165, 1.54) is 38.8 Å². The Morgan fingerprint density at radius 1 is 1.12 bits per heavy atom. The lowest BCUT2D eigenvalue weighted by atomic mass is 9.70. The zero-order valence-electron chi connectivity index (χ0n) is 11.6. The molecular weight excluding hydrogens is 198 g/mol. The Bertz CT molecular complexity index is 197. The van der Waals surface area contributed by atoms with Gasteiger partial charge < -0.3 is 5.11 Å². The van der Waals surface area contributed by atoms with Crippen LogP contribution in [0.4, 0.5) is 0 Å². The summed E-state index contributed by atoms with van der Waals surface area (Å²) in [7, 11) is 0. The lowest BCUT2D eigenvalue weighted by Gasteiger charge is -2.57. The van der Waals surface area contributed by atoms with Gasteiger partial charge in [-0.3, -0.25) is 4.90 Å². The summed E-state index contributed by atoms with van der Waals surface area (Å²) in [4.78, 5) is 2.48. The SMILES string of the molecule is CCCC1(CCC)CN(C(C)(CC)CO)C1. The van der Waals surface area contributed by atoms with Crippen LogP contribution in [0, 0.1) is 5.41 Å². The normalized spacial score (nSPS) is 23.8. The molecule has 2 heteroatoms. The first-order valence-electron chi connectivity index (χ1n) is 6.91. The predicted molar refractivity (Wildman–Crippen MR) is 69.6 cm³/mol. The molecule has 0 saturated carbocycles. The third-order valence-electron chi connectivity index (χ3n) is 4.48. The monoisotopic (exact) mass is 227 g/mol. The van der Waals surface area contributed by atoms with Crippen molar-refractivity contribution in [1.29, 1.82) is 0 Å². The molecule has 2 nitrogen and oxygen atoms in total. The minimum absolute atomic E-state index is 0.0188. The molecule has 0 radical (unpaired) electrons. The van der Waals surface area contributed by atoms with Crippen LogP contribution in [0.1, 0.15) is 59.8 Å². The Labute approximate surface area is 101 Å². The minimum atomic E-state index is 0.0188. The standard InChI is InChI=1S/C14H29NO/c1-5-8-14(9-6-2)10-15(11-14)13(4,7-3)12-16/h16H,5-12H2,1-4H3. The Balaban J connectivity index is 2.55. The van der Waals surface area contributed by atoms with Gasteiger partial charge in [0.1, 0.15) is 0 Å². The summed E-state index contributed by atoms with van der Waals surface area (Å²) in [6.07, 6.45) is 6.31. The molecule has 0 spiro atoms. The van der Waals surface area contributed by atoms with E-state index in [9.17, 15) is 5.11 Å². The molecule has 0 aromatic rings. The van der Waals surface area contributed by atoms with Gasteiger partial charge in [0, 0.05) is 18.6 Å². The zero-order valence-corrected chi connectivity index (χ0v) is 11.6. The molecule has 1 aliphatic heterocycles. The van der Waals surface area contributed by atoms with Crippen molar-refractivity contribution in [3.8, 4) is 0 Å². The summed E-state index contributed by atoms with van der Waals surface area (Å²) in [5.74, 6) is 0. The summed E-state index contributed by atoms with van der Waals surface area (Å²) in [6.45, 7) is 11.6. The molecule has 0 aromatic carbocycles. The van der Waals surface area contributed by atoms with Crippen molar-refractivity contribution in [2.24, 2.45) is 5.41 Å². The van der Waals surface area contributed by atoms with Crippen LogP contribution in [0.15, 0.2) is 0 Å². The molecule has 96 valence electrons. The quantitative estimate of drug-likeness (QED) is 0.722. The fourth-order valence-corrected chi connectivity index (χ4v) is 3.08. The maximum atomic E-state index is 9.51. The predicted octanol–water partition coefficient (Wildman–Crippen LogP) is 3.05. The van der Waals surface area contributed by atoms with Crippen molar-refractivity contribution < 1.29 is 5.11 Å². The highest BCUT2D eigenvalue weighted by molar-refractivity contribution is 5.01. The first kappa shape index (κ1) is 14.0. The van der Waals surface area contributed by atoms with Crippen molar-refractivity contribution in [2.45, 2.75) is 65.3 Å². The number of rotatable bonds is 7. The number of aliphatic hydroxyl groups excluding tert-OH is 1. The second kappa shape index (κ2) is 5.50. The average Bonchev–Trinajstić information content (AvgIpc) is 2.24. The molecule has 1 atom stereocenters. The molecule has 0 bridgehead atoms. The summed E-state index contributed by atoms with van der Waals surface area (Å²) in [5, 5.41) is 9.51. The van der Waals surface area contributed by atoms with Gasteiger partial charge in [0.2, 0.25) is 0 Å². The van der Waals surface area contributed by atoms with E-state index in [1.807, 2.05) is 0 Å². The summed E-state index contributed by atoms with van der Waals surface area (Å²) in [6, 6.07) is 0. The van der Waals surface area contributed by atoms with Crippen molar-refractivity contribution in [3.05, 3.63) is 0 Å². The van der Waals surface area contributed by atoms with Gasteiger partial charge in [-0.1, -0.05) is 33.6 Å². The van der Waals surface area contributed by atoms with Gasteiger partial charge in [0.15, 0.2) is 0 Å².